The molecule has 1 aromatic rings. The predicted octanol–water partition coefficient (Wildman–Crippen LogP) is 1.61. The highest BCUT2D eigenvalue weighted by Gasteiger charge is 2.44. The third-order valence-electron chi connectivity index (χ3n) is 3.40. The highest BCUT2D eigenvalue weighted by atomic mass is 19.2. The second-order valence-corrected chi connectivity index (χ2v) is 4.46. The third-order valence-corrected chi connectivity index (χ3v) is 3.40. The topological polar surface area (TPSA) is 55.8 Å². The molecule has 0 amide bonds. The Morgan fingerprint density at radius 2 is 2.11 bits per heavy atom. The minimum atomic E-state index is -1.11. The number of aliphatic hydroxyl groups excluding tert-OH is 1. The molecule has 3 atom stereocenters. The number of methoxy groups -OCH3 is 1. The van der Waals surface area contributed by atoms with E-state index in [2.05, 4.69) is 0 Å². The zero-order valence-electron chi connectivity index (χ0n) is 10.5. The van der Waals surface area contributed by atoms with E-state index in [1.54, 1.807) is 6.92 Å². The van der Waals surface area contributed by atoms with Crippen LogP contribution in [0.5, 0.6) is 5.75 Å². The largest absolute Gasteiger partial charge is 0.493 e. The summed E-state index contributed by atoms with van der Waals surface area (Å²) >= 11 is 0. The number of cyclic esters (lactones) is 1. The van der Waals surface area contributed by atoms with E-state index < -0.39 is 35.5 Å². The molecule has 104 valence electrons. The van der Waals surface area contributed by atoms with Crippen molar-refractivity contribution in [1.82, 2.24) is 0 Å². The second kappa shape index (κ2) is 5.13. The summed E-state index contributed by atoms with van der Waals surface area (Å²) in [4.78, 5) is 11.5. The van der Waals surface area contributed by atoms with Crippen LogP contribution in [0.3, 0.4) is 0 Å². The molecule has 0 bridgehead atoms. The Hall–Kier alpha value is -1.69. The van der Waals surface area contributed by atoms with E-state index in [0.717, 1.165) is 6.07 Å². The molecular formula is C13H14F2O4. The van der Waals surface area contributed by atoms with Gasteiger partial charge in [-0.15, -0.1) is 0 Å². The molecule has 1 saturated heterocycles. The summed E-state index contributed by atoms with van der Waals surface area (Å²) in [6, 6.07) is 2.32. The zero-order valence-corrected chi connectivity index (χ0v) is 10.5. The number of carbonyl (C=O) groups excluding carboxylic acids is 1. The van der Waals surface area contributed by atoms with Gasteiger partial charge in [0.2, 0.25) is 5.82 Å². The Balaban J connectivity index is 2.51. The molecule has 1 aliphatic rings. The number of hydrogen-bond donors (Lipinski definition) is 1. The van der Waals surface area contributed by atoms with E-state index in [9.17, 15) is 18.7 Å². The second-order valence-electron chi connectivity index (χ2n) is 4.46. The SMILES string of the molecule is COc1c([C@@H]2[C@H](C)C(=O)O[C@@H]2CO)ccc(F)c1F. The van der Waals surface area contributed by atoms with Gasteiger partial charge in [0, 0.05) is 11.5 Å². The first-order valence-electron chi connectivity index (χ1n) is 5.84. The molecule has 0 spiro atoms. The van der Waals surface area contributed by atoms with Crippen LogP contribution in [0.2, 0.25) is 0 Å². The standard InChI is InChI=1S/C13H14F2O4/c1-6-10(9(5-16)19-13(6)17)7-3-4-8(14)11(15)12(7)18-2/h3-4,6,9-10,16H,5H2,1-2H3/t6-,9+,10-/m0/s1. The predicted molar refractivity (Wildman–Crippen MR) is 61.8 cm³/mol. The van der Waals surface area contributed by atoms with Gasteiger partial charge in [-0.3, -0.25) is 4.79 Å². The maximum absolute atomic E-state index is 13.7. The van der Waals surface area contributed by atoms with Gasteiger partial charge in [-0.1, -0.05) is 13.0 Å². The molecule has 0 aromatic heterocycles. The van der Waals surface area contributed by atoms with Crippen LogP contribution in [-0.2, 0) is 9.53 Å². The summed E-state index contributed by atoms with van der Waals surface area (Å²) in [5, 5.41) is 9.23. The summed E-state index contributed by atoms with van der Waals surface area (Å²) in [7, 11) is 1.22. The number of benzene rings is 1. The molecule has 1 aliphatic heterocycles. The fraction of sp³-hybridized carbons (Fsp3) is 0.462. The lowest BCUT2D eigenvalue weighted by molar-refractivity contribution is -0.145. The van der Waals surface area contributed by atoms with Gasteiger partial charge in [0.25, 0.3) is 0 Å². The van der Waals surface area contributed by atoms with Crippen molar-refractivity contribution in [3.05, 3.63) is 29.3 Å². The Bertz CT molecular complexity index is 504. The van der Waals surface area contributed by atoms with Crippen LogP contribution >= 0.6 is 0 Å². The lowest BCUT2D eigenvalue weighted by Crippen LogP contribution is -2.22. The molecule has 19 heavy (non-hydrogen) atoms. The molecule has 0 radical (unpaired) electrons. The zero-order chi connectivity index (χ0) is 14.2. The van der Waals surface area contributed by atoms with E-state index in [-0.39, 0.29) is 12.4 Å². The van der Waals surface area contributed by atoms with E-state index in [0.29, 0.717) is 5.56 Å². The van der Waals surface area contributed by atoms with Crippen molar-refractivity contribution in [2.24, 2.45) is 5.92 Å². The molecule has 1 heterocycles. The molecule has 0 unspecified atom stereocenters. The van der Waals surface area contributed by atoms with Crippen molar-refractivity contribution in [2.75, 3.05) is 13.7 Å². The monoisotopic (exact) mass is 272 g/mol. The van der Waals surface area contributed by atoms with Crippen LogP contribution in [0.25, 0.3) is 0 Å². The van der Waals surface area contributed by atoms with E-state index >= 15 is 0 Å². The first kappa shape index (κ1) is 13.7. The number of carbonyl (C=O) groups is 1. The van der Waals surface area contributed by atoms with Gasteiger partial charge in [-0.2, -0.15) is 4.39 Å². The Labute approximate surface area is 108 Å². The van der Waals surface area contributed by atoms with Crippen molar-refractivity contribution in [3.8, 4) is 5.75 Å². The van der Waals surface area contributed by atoms with E-state index in [4.69, 9.17) is 9.47 Å². The summed E-state index contributed by atoms with van der Waals surface area (Å²) in [5.41, 5.74) is 0.318. The molecule has 0 saturated carbocycles. The number of rotatable bonds is 3. The van der Waals surface area contributed by atoms with E-state index in [1.807, 2.05) is 0 Å². The van der Waals surface area contributed by atoms with Crippen LogP contribution in [0.15, 0.2) is 12.1 Å². The van der Waals surface area contributed by atoms with Gasteiger partial charge < -0.3 is 14.6 Å². The van der Waals surface area contributed by atoms with Gasteiger partial charge in [-0.25, -0.2) is 4.39 Å². The highest BCUT2D eigenvalue weighted by molar-refractivity contribution is 5.76. The van der Waals surface area contributed by atoms with Crippen molar-refractivity contribution >= 4 is 5.97 Å². The minimum Gasteiger partial charge on any atom is -0.493 e. The Morgan fingerprint density at radius 3 is 2.68 bits per heavy atom. The Kier molecular flexibility index (Phi) is 3.71. The van der Waals surface area contributed by atoms with Gasteiger partial charge in [-0.05, 0) is 6.07 Å². The molecule has 1 fully saturated rings. The van der Waals surface area contributed by atoms with Gasteiger partial charge in [0.15, 0.2) is 11.6 Å². The average Bonchev–Trinajstić information content (AvgIpc) is 2.68. The molecule has 6 heteroatoms. The van der Waals surface area contributed by atoms with Gasteiger partial charge >= 0.3 is 5.97 Å². The highest BCUT2D eigenvalue weighted by Crippen LogP contribution is 2.42. The van der Waals surface area contributed by atoms with Crippen molar-refractivity contribution in [3.63, 3.8) is 0 Å². The Morgan fingerprint density at radius 1 is 1.42 bits per heavy atom. The summed E-state index contributed by atoms with van der Waals surface area (Å²) in [5.74, 6) is -4.00. The molecular weight excluding hydrogens is 258 g/mol. The van der Waals surface area contributed by atoms with Crippen LogP contribution in [0.4, 0.5) is 8.78 Å². The fourth-order valence-electron chi connectivity index (χ4n) is 2.44. The summed E-state index contributed by atoms with van der Waals surface area (Å²) < 4.78 is 36.7. The third kappa shape index (κ3) is 2.16. The van der Waals surface area contributed by atoms with Crippen LogP contribution in [0.1, 0.15) is 18.4 Å². The van der Waals surface area contributed by atoms with Gasteiger partial charge in [0.05, 0.1) is 19.6 Å². The van der Waals surface area contributed by atoms with Crippen LogP contribution in [-0.4, -0.2) is 30.9 Å². The molecule has 0 aliphatic carbocycles. The fourth-order valence-corrected chi connectivity index (χ4v) is 2.44. The maximum atomic E-state index is 13.7. The number of aliphatic hydroxyl groups is 1. The smallest absolute Gasteiger partial charge is 0.309 e. The number of halogens is 2. The molecule has 1 aromatic carbocycles. The minimum absolute atomic E-state index is 0.256. The lowest BCUT2D eigenvalue weighted by atomic mass is 9.84. The van der Waals surface area contributed by atoms with Crippen LogP contribution in [0, 0.1) is 17.6 Å². The quantitative estimate of drug-likeness (QED) is 0.849. The average molecular weight is 272 g/mol. The molecule has 1 N–H and O–H groups in total. The van der Waals surface area contributed by atoms with E-state index in [1.165, 1.54) is 13.2 Å². The summed E-state index contributed by atoms with van der Waals surface area (Å²) in [6.07, 6.45) is -0.777. The number of esters is 1. The normalized spacial score (nSPS) is 26.4. The van der Waals surface area contributed by atoms with Crippen molar-refractivity contribution in [2.45, 2.75) is 18.9 Å². The van der Waals surface area contributed by atoms with Crippen molar-refractivity contribution < 1.29 is 28.2 Å². The van der Waals surface area contributed by atoms with Gasteiger partial charge in [0.1, 0.15) is 6.10 Å². The summed E-state index contributed by atoms with van der Waals surface area (Å²) in [6.45, 7) is 1.23. The molecule has 2 rings (SSSR count). The number of ether oxygens (including phenoxy) is 2. The first-order valence-corrected chi connectivity index (χ1v) is 5.84. The first-order chi connectivity index (χ1) is 9.01. The van der Waals surface area contributed by atoms with Crippen molar-refractivity contribution in [1.29, 1.82) is 0 Å². The molecule has 4 nitrogen and oxygen atoms in total. The van der Waals surface area contributed by atoms with Crippen LogP contribution < -0.4 is 4.74 Å². The maximum Gasteiger partial charge on any atom is 0.309 e. The lowest BCUT2D eigenvalue weighted by Gasteiger charge is -2.20. The number of hydrogen-bond acceptors (Lipinski definition) is 4.